The lowest BCUT2D eigenvalue weighted by Gasteiger charge is -2.37. The number of thioether (sulfide) groups is 2. The first-order chi connectivity index (χ1) is 8.62. The third kappa shape index (κ3) is 3.05. The molecule has 0 radical (unpaired) electrons. The predicted molar refractivity (Wildman–Crippen MR) is 79.0 cm³/mol. The Hall–Kier alpha value is -0.360. The van der Waals surface area contributed by atoms with Gasteiger partial charge in [0.05, 0.1) is 11.8 Å². The minimum Gasteiger partial charge on any atom is -0.453 e. The molecule has 0 aromatic heterocycles. The fourth-order valence-corrected chi connectivity index (χ4v) is 4.45. The Morgan fingerprint density at radius 1 is 1.53 bits per heavy atom. The molecule has 0 unspecified atom stereocenters. The topological polar surface area (TPSA) is 46.6 Å². The maximum Gasteiger partial charge on any atom is 0.331 e. The van der Waals surface area contributed by atoms with Crippen LogP contribution >= 0.6 is 23.5 Å². The van der Waals surface area contributed by atoms with Crippen LogP contribution in [0.15, 0.2) is 0 Å². The van der Waals surface area contributed by atoms with Gasteiger partial charge in [-0.1, -0.05) is 20.8 Å². The Morgan fingerprint density at radius 2 is 2.16 bits per heavy atom. The first-order valence-electron chi connectivity index (χ1n) is 6.41. The van der Waals surface area contributed by atoms with Gasteiger partial charge in [0, 0.05) is 9.49 Å². The molecule has 2 aliphatic rings. The number of ether oxygens (including phenoxy) is 1. The zero-order valence-corrected chi connectivity index (χ0v) is 13.7. The predicted octanol–water partition coefficient (Wildman–Crippen LogP) is 2.47. The number of carbonyl (C=O) groups is 2. The first-order valence-corrected chi connectivity index (χ1v) is 8.28. The van der Waals surface area contributed by atoms with Crippen molar-refractivity contribution < 1.29 is 14.3 Å². The van der Waals surface area contributed by atoms with Crippen LogP contribution in [0.4, 0.5) is 0 Å². The summed E-state index contributed by atoms with van der Waals surface area (Å²) in [5.74, 6) is 0.130. The van der Waals surface area contributed by atoms with Crippen LogP contribution in [0.3, 0.4) is 0 Å². The molecule has 0 N–H and O–H groups in total. The summed E-state index contributed by atoms with van der Waals surface area (Å²) in [5.41, 5.74) is 0. The van der Waals surface area contributed by atoms with Crippen molar-refractivity contribution in [2.24, 2.45) is 0 Å². The Bertz CT molecular complexity index is 403. The van der Waals surface area contributed by atoms with Gasteiger partial charge < -0.3 is 9.64 Å². The summed E-state index contributed by atoms with van der Waals surface area (Å²) < 4.78 is 5.16. The largest absolute Gasteiger partial charge is 0.453 e. The van der Waals surface area contributed by atoms with Gasteiger partial charge in [-0.3, -0.25) is 4.79 Å². The summed E-state index contributed by atoms with van der Waals surface area (Å²) in [6.45, 7) is 10.2. The van der Waals surface area contributed by atoms with Crippen molar-refractivity contribution in [1.29, 1.82) is 0 Å². The van der Waals surface area contributed by atoms with Gasteiger partial charge in [-0.15, -0.1) is 23.5 Å². The smallest absolute Gasteiger partial charge is 0.331 e. The highest BCUT2D eigenvalue weighted by Crippen LogP contribution is 2.50. The molecule has 2 saturated heterocycles. The molecule has 0 spiro atoms. The molecule has 2 heterocycles. The van der Waals surface area contributed by atoms with E-state index in [1.165, 1.54) is 0 Å². The van der Waals surface area contributed by atoms with E-state index in [2.05, 4.69) is 20.8 Å². The van der Waals surface area contributed by atoms with Crippen LogP contribution in [0.2, 0.25) is 0 Å². The second-order valence-electron chi connectivity index (χ2n) is 6.42. The highest BCUT2D eigenvalue weighted by atomic mass is 32.2. The molecule has 0 aromatic rings. The summed E-state index contributed by atoms with van der Waals surface area (Å²) >= 11 is 3.28. The average molecular weight is 303 g/mol. The normalized spacial score (nSPS) is 28.9. The van der Waals surface area contributed by atoms with Gasteiger partial charge in [-0.2, -0.15) is 0 Å². The Morgan fingerprint density at radius 3 is 2.68 bits per heavy atom. The fraction of sp³-hybridized carbons (Fsp3) is 0.846. The highest BCUT2D eigenvalue weighted by molar-refractivity contribution is 8.01. The monoisotopic (exact) mass is 303 g/mol. The number of amides is 1. The van der Waals surface area contributed by atoms with Crippen LogP contribution < -0.4 is 0 Å². The van der Waals surface area contributed by atoms with Crippen LogP contribution in [-0.2, 0) is 14.3 Å². The van der Waals surface area contributed by atoms with E-state index in [1.54, 1.807) is 28.4 Å². The molecule has 0 saturated carbocycles. The van der Waals surface area contributed by atoms with E-state index in [4.69, 9.17) is 4.74 Å². The number of hydrogen-bond acceptors (Lipinski definition) is 5. The molecule has 108 valence electrons. The molecule has 2 rings (SSSR count). The van der Waals surface area contributed by atoms with Gasteiger partial charge in [0.25, 0.3) is 0 Å². The van der Waals surface area contributed by atoms with Crippen LogP contribution in [-0.4, -0.2) is 43.6 Å². The van der Waals surface area contributed by atoms with E-state index < -0.39 is 6.04 Å². The summed E-state index contributed by atoms with van der Waals surface area (Å²) in [6.07, 6.45) is 0.550. The summed E-state index contributed by atoms with van der Waals surface area (Å²) in [6, 6.07) is -0.440. The number of nitrogens with zero attached hydrogens (tertiary/aromatic N) is 1. The van der Waals surface area contributed by atoms with Crippen LogP contribution in [0.25, 0.3) is 0 Å². The van der Waals surface area contributed by atoms with E-state index >= 15 is 0 Å². The van der Waals surface area contributed by atoms with Crippen LogP contribution in [0, 0.1) is 0 Å². The Kier molecular flexibility index (Phi) is 3.86. The van der Waals surface area contributed by atoms with Gasteiger partial charge >= 0.3 is 5.97 Å². The molecule has 0 aromatic carbocycles. The van der Waals surface area contributed by atoms with Crippen LogP contribution in [0.1, 0.15) is 41.0 Å². The third-order valence-corrected chi connectivity index (χ3v) is 5.84. The lowest BCUT2D eigenvalue weighted by Crippen LogP contribution is -2.57. The van der Waals surface area contributed by atoms with E-state index in [-0.39, 0.29) is 26.7 Å². The number of rotatable bonds is 3. The summed E-state index contributed by atoms with van der Waals surface area (Å²) in [7, 11) is 0. The Labute approximate surface area is 123 Å². The SMILES string of the molecule is CC(C)(C)SCOC(=O)[C@@H]1N2C(=O)C[C@H]2SC1(C)C. The van der Waals surface area contributed by atoms with Gasteiger partial charge in [0.1, 0.15) is 12.0 Å². The average Bonchev–Trinajstić information content (AvgIpc) is 2.43. The first kappa shape index (κ1) is 15.0. The van der Waals surface area contributed by atoms with Crippen LogP contribution in [0.5, 0.6) is 0 Å². The summed E-state index contributed by atoms with van der Waals surface area (Å²) in [4.78, 5) is 25.6. The number of fused-ring (bicyclic) bond motifs is 1. The fourth-order valence-electron chi connectivity index (χ4n) is 2.30. The maximum absolute atomic E-state index is 12.2. The molecule has 19 heavy (non-hydrogen) atoms. The molecule has 6 heteroatoms. The maximum atomic E-state index is 12.2. The molecular weight excluding hydrogens is 282 g/mol. The van der Waals surface area contributed by atoms with Crippen molar-refractivity contribution in [2.75, 3.05) is 5.94 Å². The van der Waals surface area contributed by atoms with Gasteiger partial charge in [-0.25, -0.2) is 4.79 Å². The van der Waals surface area contributed by atoms with Crippen molar-refractivity contribution in [1.82, 2.24) is 4.90 Å². The minimum atomic E-state index is -0.440. The second kappa shape index (κ2) is 4.88. The van der Waals surface area contributed by atoms with Gasteiger partial charge in [0.2, 0.25) is 5.91 Å². The lowest BCUT2D eigenvalue weighted by atomic mass is 9.98. The highest BCUT2D eigenvalue weighted by Gasteiger charge is 2.59. The van der Waals surface area contributed by atoms with E-state index in [0.717, 1.165) is 0 Å². The molecule has 0 aliphatic carbocycles. The Balaban J connectivity index is 1.96. The summed E-state index contributed by atoms with van der Waals surface area (Å²) in [5, 5.41) is 0.162. The minimum absolute atomic E-state index is 0.0634. The zero-order valence-electron chi connectivity index (χ0n) is 12.1. The van der Waals surface area contributed by atoms with Crippen molar-refractivity contribution in [3.63, 3.8) is 0 Å². The lowest BCUT2D eigenvalue weighted by molar-refractivity contribution is -0.159. The molecule has 0 bridgehead atoms. The van der Waals surface area contributed by atoms with Crippen molar-refractivity contribution in [3.8, 4) is 0 Å². The third-order valence-electron chi connectivity index (χ3n) is 3.24. The van der Waals surface area contributed by atoms with E-state index in [0.29, 0.717) is 12.4 Å². The van der Waals surface area contributed by atoms with Crippen molar-refractivity contribution in [2.45, 2.75) is 61.9 Å². The number of hydrogen-bond donors (Lipinski definition) is 0. The molecule has 1 amide bonds. The molecule has 2 atom stereocenters. The van der Waals surface area contributed by atoms with E-state index in [1.807, 2.05) is 13.8 Å². The quantitative estimate of drug-likeness (QED) is 0.455. The number of esters is 1. The second-order valence-corrected chi connectivity index (χ2v) is 10.0. The standard InChI is InChI=1S/C13H21NO3S2/c1-12(2,3)18-7-17-11(16)10-13(4,5)19-9-6-8(15)14(9)10/h9-10H,6-7H2,1-5H3/t9-,10+/m1/s1. The van der Waals surface area contributed by atoms with Gasteiger partial charge in [0.15, 0.2) is 0 Å². The molecule has 2 fully saturated rings. The van der Waals surface area contributed by atoms with Gasteiger partial charge in [-0.05, 0) is 13.8 Å². The van der Waals surface area contributed by atoms with E-state index in [9.17, 15) is 9.59 Å². The zero-order chi connectivity index (χ0) is 14.4. The number of β-lactam (4-membered cyclic amide) rings is 1. The van der Waals surface area contributed by atoms with Crippen molar-refractivity contribution >= 4 is 35.4 Å². The molecular formula is C13H21NO3S2. The molecule has 4 nitrogen and oxygen atoms in total. The number of carbonyl (C=O) groups excluding carboxylic acids is 2. The molecule has 2 aliphatic heterocycles. The van der Waals surface area contributed by atoms with Crippen molar-refractivity contribution in [3.05, 3.63) is 0 Å².